The van der Waals surface area contributed by atoms with Crippen molar-refractivity contribution in [2.75, 3.05) is 18.5 Å². The number of carbonyl (C=O) groups is 2. The van der Waals surface area contributed by atoms with Gasteiger partial charge in [-0.05, 0) is 30.0 Å². The quantitative estimate of drug-likeness (QED) is 0.678. The van der Waals surface area contributed by atoms with E-state index < -0.39 is 12.8 Å². The Morgan fingerprint density at radius 3 is 2.58 bits per heavy atom. The van der Waals surface area contributed by atoms with Crippen LogP contribution >= 0.6 is 11.3 Å². The number of carbonyl (C=O) groups excluding carboxylic acids is 2. The van der Waals surface area contributed by atoms with Gasteiger partial charge >= 0.3 is 6.18 Å². The third-order valence-corrected chi connectivity index (χ3v) is 4.03. The number of halogens is 3. The molecule has 0 aliphatic carbocycles. The summed E-state index contributed by atoms with van der Waals surface area (Å²) < 4.78 is 41.5. The molecule has 0 bridgehead atoms. The number of para-hydroxylation sites is 2. The summed E-state index contributed by atoms with van der Waals surface area (Å²) in [6, 6.07) is 9.37. The third-order valence-electron chi connectivity index (χ3n) is 3.16. The largest absolute Gasteiger partial charge is 0.482 e. The molecule has 2 aromatic rings. The molecule has 0 aliphatic heterocycles. The first-order valence-electron chi connectivity index (χ1n) is 7.75. The molecule has 0 spiro atoms. The number of hydrogen-bond donors (Lipinski definition) is 2. The van der Waals surface area contributed by atoms with Crippen LogP contribution in [0.25, 0.3) is 0 Å². The van der Waals surface area contributed by atoms with Crippen molar-refractivity contribution in [1.29, 1.82) is 0 Å². The molecule has 0 saturated heterocycles. The summed E-state index contributed by atoms with van der Waals surface area (Å²) in [7, 11) is 0. The second-order valence-electron chi connectivity index (χ2n) is 5.28. The van der Waals surface area contributed by atoms with Gasteiger partial charge in [-0.15, -0.1) is 11.3 Å². The number of anilines is 1. The van der Waals surface area contributed by atoms with Gasteiger partial charge in [-0.2, -0.15) is 13.2 Å². The van der Waals surface area contributed by atoms with Crippen LogP contribution < -0.4 is 15.4 Å². The van der Waals surface area contributed by atoms with Crippen molar-refractivity contribution in [3.8, 4) is 5.75 Å². The van der Waals surface area contributed by atoms with Gasteiger partial charge in [-0.3, -0.25) is 9.59 Å². The maximum absolute atomic E-state index is 12.3. The van der Waals surface area contributed by atoms with E-state index in [9.17, 15) is 22.8 Å². The molecule has 2 amide bonds. The first-order valence-corrected chi connectivity index (χ1v) is 8.63. The van der Waals surface area contributed by atoms with Crippen molar-refractivity contribution in [3.05, 3.63) is 46.7 Å². The van der Waals surface area contributed by atoms with Gasteiger partial charge in [0, 0.05) is 13.0 Å². The van der Waals surface area contributed by atoms with E-state index in [-0.39, 0.29) is 29.7 Å². The van der Waals surface area contributed by atoms with Crippen molar-refractivity contribution in [3.63, 3.8) is 0 Å². The van der Waals surface area contributed by atoms with Gasteiger partial charge in [0.1, 0.15) is 5.75 Å². The number of thiophene rings is 1. The van der Waals surface area contributed by atoms with Crippen molar-refractivity contribution in [2.24, 2.45) is 0 Å². The minimum absolute atomic E-state index is 0.0517. The lowest BCUT2D eigenvalue weighted by Gasteiger charge is -2.13. The molecule has 26 heavy (non-hydrogen) atoms. The van der Waals surface area contributed by atoms with Crippen LogP contribution in [0.15, 0.2) is 41.8 Å². The van der Waals surface area contributed by atoms with Crippen molar-refractivity contribution >= 4 is 28.8 Å². The van der Waals surface area contributed by atoms with Gasteiger partial charge < -0.3 is 15.4 Å². The van der Waals surface area contributed by atoms with Crippen LogP contribution in [0.5, 0.6) is 5.75 Å². The monoisotopic (exact) mass is 386 g/mol. The third kappa shape index (κ3) is 6.75. The second kappa shape index (κ2) is 9.23. The zero-order valence-corrected chi connectivity index (χ0v) is 14.5. The Kier molecular flexibility index (Phi) is 7.02. The molecule has 1 heterocycles. The number of hydrogen-bond acceptors (Lipinski definition) is 4. The molecule has 1 aromatic heterocycles. The molecule has 0 aliphatic rings. The first-order chi connectivity index (χ1) is 12.3. The highest BCUT2D eigenvalue weighted by atomic mass is 32.1. The molecule has 0 saturated carbocycles. The lowest BCUT2D eigenvalue weighted by atomic mass is 10.2. The summed E-state index contributed by atoms with van der Waals surface area (Å²) in [5.74, 6) is -0.631. The molecule has 0 atom stereocenters. The highest BCUT2D eigenvalue weighted by Crippen LogP contribution is 2.26. The average molecular weight is 386 g/mol. The molecule has 1 aromatic carbocycles. The van der Waals surface area contributed by atoms with Gasteiger partial charge in [0.15, 0.2) is 6.61 Å². The Morgan fingerprint density at radius 2 is 1.88 bits per heavy atom. The summed E-state index contributed by atoms with van der Waals surface area (Å²) in [5.41, 5.74) is 0.171. The van der Waals surface area contributed by atoms with Gasteiger partial charge in [0.05, 0.1) is 10.6 Å². The van der Waals surface area contributed by atoms with Crippen LogP contribution in [0.1, 0.15) is 22.5 Å². The van der Waals surface area contributed by atoms with E-state index in [1.165, 1.54) is 29.5 Å². The standard InChI is InChI=1S/C17H17F3N2O3S/c18-17(19,20)11-25-13-6-2-1-5-12(13)22-15(23)8-3-9-21-16(24)14-7-4-10-26-14/h1-2,4-7,10H,3,8-9,11H2,(H,21,24)(H,22,23). The summed E-state index contributed by atoms with van der Waals surface area (Å²) >= 11 is 1.32. The van der Waals surface area contributed by atoms with Gasteiger partial charge in [0.2, 0.25) is 5.91 Å². The van der Waals surface area contributed by atoms with Crippen LogP contribution in [-0.4, -0.2) is 31.1 Å². The van der Waals surface area contributed by atoms with Crippen LogP contribution in [0, 0.1) is 0 Å². The number of ether oxygens (including phenoxy) is 1. The molecule has 140 valence electrons. The van der Waals surface area contributed by atoms with E-state index in [1.807, 2.05) is 0 Å². The molecule has 5 nitrogen and oxygen atoms in total. The number of benzene rings is 1. The normalized spacial score (nSPS) is 11.0. The predicted molar refractivity (Wildman–Crippen MR) is 92.5 cm³/mol. The number of amides is 2. The van der Waals surface area contributed by atoms with Crippen LogP contribution in [0.2, 0.25) is 0 Å². The molecule has 0 fully saturated rings. The molecular weight excluding hydrogens is 369 g/mol. The molecule has 0 unspecified atom stereocenters. The topological polar surface area (TPSA) is 67.4 Å². The Hall–Kier alpha value is -2.55. The fourth-order valence-electron chi connectivity index (χ4n) is 2.01. The van der Waals surface area contributed by atoms with Crippen molar-refractivity contribution in [2.45, 2.75) is 19.0 Å². The highest BCUT2D eigenvalue weighted by Gasteiger charge is 2.28. The highest BCUT2D eigenvalue weighted by molar-refractivity contribution is 7.12. The van der Waals surface area contributed by atoms with Gasteiger partial charge in [0.25, 0.3) is 5.91 Å². The zero-order chi connectivity index (χ0) is 19.0. The first kappa shape index (κ1) is 19.8. The summed E-state index contributed by atoms with van der Waals surface area (Å²) in [6.07, 6.45) is -3.95. The lowest BCUT2D eigenvalue weighted by Crippen LogP contribution is -2.24. The maximum Gasteiger partial charge on any atom is 0.422 e. The van der Waals surface area contributed by atoms with Crippen LogP contribution in [-0.2, 0) is 4.79 Å². The van der Waals surface area contributed by atoms with E-state index in [0.29, 0.717) is 17.8 Å². The predicted octanol–water partition coefficient (Wildman–Crippen LogP) is 3.84. The Bertz CT molecular complexity index is 733. The molecule has 2 N–H and O–H groups in total. The second-order valence-corrected chi connectivity index (χ2v) is 6.23. The van der Waals surface area contributed by atoms with Gasteiger partial charge in [-0.1, -0.05) is 18.2 Å². The Labute approximate surface area is 152 Å². The molecule has 0 radical (unpaired) electrons. The Morgan fingerprint density at radius 1 is 1.12 bits per heavy atom. The number of nitrogens with one attached hydrogen (secondary N) is 2. The Balaban J connectivity index is 1.76. The SMILES string of the molecule is O=C(CCCNC(=O)c1cccs1)Nc1ccccc1OCC(F)(F)F. The van der Waals surface area contributed by atoms with E-state index in [0.717, 1.165) is 0 Å². The summed E-state index contributed by atoms with van der Waals surface area (Å²) in [6.45, 7) is -1.12. The van der Waals surface area contributed by atoms with Gasteiger partial charge in [-0.25, -0.2) is 0 Å². The van der Waals surface area contributed by atoms with Crippen LogP contribution in [0.3, 0.4) is 0 Å². The fraction of sp³-hybridized carbons (Fsp3) is 0.294. The van der Waals surface area contributed by atoms with E-state index in [4.69, 9.17) is 4.74 Å². The fourth-order valence-corrected chi connectivity index (χ4v) is 2.65. The van der Waals surface area contributed by atoms with Crippen LogP contribution in [0.4, 0.5) is 18.9 Å². The molecule has 2 rings (SSSR count). The number of rotatable bonds is 8. The minimum Gasteiger partial charge on any atom is -0.482 e. The lowest BCUT2D eigenvalue weighted by molar-refractivity contribution is -0.153. The minimum atomic E-state index is -4.46. The van der Waals surface area contributed by atoms with E-state index >= 15 is 0 Å². The average Bonchev–Trinajstić information content (AvgIpc) is 3.12. The molecule has 9 heteroatoms. The van der Waals surface area contributed by atoms with Crippen molar-refractivity contribution < 1.29 is 27.5 Å². The maximum atomic E-state index is 12.3. The number of alkyl halides is 3. The van der Waals surface area contributed by atoms with E-state index in [2.05, 4.69) is 10.6 Å². The summed E-state index contributed by atoms with van der Waals surface area (Å²) in [4.78, 5) is 24.3. The summed E-state index contributed by atoms with van der Waals surface area (Å²) in [5, 5.41) is 7.01. The van der Waals surface area contributed by atoms with Crippen molar-refractivity contribution in [1.82, 2.24) is 5.32 Å². The van der Waals surface area contributed by atoms with E-state index in [1.54, 1.807) is 23.6 Å². The molecular formula is C17H17F3N2O3S. The smallest absolute Gasteiger partial charge is 0.422 e. The zero-order valence-electron chi connectivity index (χ0n) is 13.6.